The maximum atomic E-state index is 15.1. The molecule has 11 heteroatoms. The summed E-state index contributed by atoms with van der Waals surface area (Å²) in [6.45, 7) is 11.4. The molecule has 0 fully saturated rings. The quantitative estimate of drug-likeness (QED) is 0.0709. The number of aryl methyl sites for hydroxylation is 1. The van der Waals surface area contributed by atoms with Crippen LogP contribution in [0, 0.1) is 11.6 Å². The third kappa shape index (κ3) is 8.12. The first-order chi connectivity index (χ1) is 20.2. The van der Waals surface area contributed by atoms with Crippen molar-refractivity contribution in [3.8, 4) is 16.9 Å². The summed E-state index contributed by atoms with van der Waals surface area (Å²) < 4.78 is 31.3. The molecule has 42 heavy (non-hydrogen) atoms. The van der Waals surface area contributed by atoms with Gasteiger partial charge in [0.05, 0.1) is 22.2 Å². The summed E-state index contributed by atoms with van der Waals surface area (Å²) in [6, 6.07) is 9.45. The number of nitrogens with zero attached hydrogens (tertiary/aromatic N) is 3. The molecule has 6 N–H and O–H groups in total. The maximum absolute atomic E-state index is 15.1. The number of hydrogen-bond donors (Lipinski definition) is 4. The Morgan fingerprint density at radius 3 is 2.64 bits per heavy atom. The van der Waals surface area contributed by atoms with Crippen LogP contribution < -0.4 is 22.5 Å². The van der Waals surface area contributed by atoms with Crippen LogP contribution in [0.3, 0.4) is 0 Å². The molecule has 0 aliphatic heterocycles. The first-order valence-electron chi connectivity index (χ1n) is 13.8. The van der Waals surface area contributed by atoms with E-state index in [1.807, 2.05) is 6.92 Å². The normalized spacial score (nSPS) is 12.3. The lowest BCUT2D eigenvalue weighted by molar-refractivity contribution is 0.523. The maximum Gasteiger partial charge on any atom is 0.354 e. The Hall–Kier alpha value is -3.86. The fraction of sp³-hybridized carbons (Fsp3) is 0.323. The second-order valence-electron chi connectivity index (χ2n) is 9.82. The summed E-state index contributed by atoms with van der Waals surface area (Å²) in [5.74, 6) is -0.472. The van der Waals surface area contributed by atoms with Crippen molar-refractivity contribution in [1.29, 1.82) is 0 Å². The number of rotatable bonds is 12. The number of unbranched alkanes of at least 4 members (excludes halogenated alkanes) is 1. The molecule has 0 saturated carbocycles. The molecule has 8 nitrogen and oxygen atoms in total. The highest BCUT2D eigenvalue weighted by Gasteiger charge is 2.17. The van der Waals surface area contributed by atoms with Gasteiger partial charge in [0.15, 0.2) is 5.82 Å². The number of amidine groups is 1. The van der Waals surface area contributed by atoms with Crippen molar-refractivity contribution < 1.29 is 8.78 Å². The van der Waals surface area contributed by atoms with Crippen LogP contribution in [0.15, 0.2) is 65.5 Å². The van der Waals surface area contributed by atoms with Crippen LogP contribution in [0.2, 0.25) is 5.02 Å². The largest absolute Gasteiger partial charge is 0.388 e. The summed E-state index contributed by atoms with van der Waals surface area (Å²) in [5, 5.41) is 3.85. The number of nitrogens with two attached hydrogens (primary N) is 2. The lowest BCUT2D eigenvalue weighted by atomic mass is 10.0. The van der Waals surface area contributed by atoms with Crippen LogP contribution in [0.1, 0.15) is 50.3 Å². The summed E-state index contributed by atoms with van der Waals surface area (Å²) in [7, 11) is 0. The molecule has 2 aromatic carbocycles. The highest BCUT2D eigenvalue weighted by Crippen LogP contribution is 2.31. The highest BCUT2D eigenvalue weighted by molar-refractivity contribution is 6.31. The minimum absolute atomic E-state index is 0.0184. The van der Waals surface area contributed by atoms with E-state index in [1.54, 1.807) is 43.5 Å². The first kappa shape index (κ1) is 32.7. The molecular weight excluding hydrogens is 560 g/mol. The number of halogens is 3. The van der Waals surface area contributed by atoms with Crippen LogP contribution in [0.25, 0.3) is 28.0 Å². The van der Waals surface area contributed by atoms with Crippen LogP contribution in [-0.4, -0.2) is 40.0 Å². The Morgan fingerprint density at radius 2 is 1.95 bits per heavy atom. The van der Waals surface area contributed by atoms with Crippen molar-refractivity contribution in [3.63, 3.8) is 0 Å². The molecule has 4 rings (SSSR count). The fourth-order valence-corrected chi connectivity index (χ4v) is 4.81. The molecule has 0 saturated heterocycles. The summed E-state index contributed by atoms with van der Waals surface area (Å²) >= 11 is 6.18. The summed E-state index contributed by atoms with van der Waals surface area (Å²) in [6.07, 6.45) is 4.76. The van der Waals surface area contributed by atoms with Gasteiger partial charge in [0.2, 0.25) is 0 Å². The van der Waals surface area contributed by atoms with Crippen LogP contribution in [-0.2, 0) is 6.42 Å². The predicted octanol–water partition coefficient (Wildman–Crippen LogP) is 5.81. The number of H-pyrrole nitrogens is 1. The van der Waals surface area contributed by atoms with Gasteiger partial charge in [-0.15, -0.1) is 13.2 Å². The molecule has 2 heterocycles. The Labute approximate surface area is 249 Å². The SMILES string of the molecule is C=C.CC(N)=NCCCNC(C)c1ccc(-n2cc3cc(-c4cc(CCCCN)cc(Cl)c4F)[nH]c3nc2=O)cc1F. The minimum atomic E-state index is -0.594. The van der Waals surface area contributed by atoms with E-state index in [-0.39, 0.29) is 16.6 Å². The van der Waals surface area contributed by atoms with E-state index in [0.29, 0.717) is 59.9 Å². The monoisotopic (exact) mass is 597 g/mol. The molecule has 0 amide bonds. The third-order valence-corrected chi connectivity index (χ3v) is 6.96. The van der Waals surface area contributed by atoms with Crippen LogP contribution in [0.5, 0.6) is 0 Å². The van der Waals surface area contributed by atoms with Gasteiger partial charge in [-0.2, -0.15) is 4.98 Å². The highest BCUT2D eigenvalue weighted by atomic mass is 35.5. The molecular formula is C31H38ClF2N7O. The van der Waals surface area contributed by atoms with Crippen LogP contribution >= 0.6 is 11.6 Å². The third-order valence-electron chi connectivity index (χ3n) is 6.68. The van der Waals surface area contributed by atoms with E-state index < -0.39 is 17.3 Å². The van der Waals surface area contributed by atoms with Gasteiger partial charge in [0, 0.05) is 35.3 Å². The number of aliphatic imine (C=N–C) groups is 1. The van der Waals surface area contributed by atoms with Gasteiger partial charge < -0.3 is 21.8 Å². The van der Waals surface area contributed by atoms with Crippen molar-refractivity contribution in [2.75, 3.05) is 19.6 Å². The molecule has 2 aromatic heterocycles. The Kier molecular flexibility index (Phi) is 12.0. The predicted molar refractivity (Wildman–Crippen MR) is 168 cm³/mol. The van der Waals surface area contributed by atoms with Crippen molar-refractivity contribution in [2.45, 2.75) is 45.6 Å². The van der Waals surface area contributed by atoms with E-state index in [2.05, 4.69) is 33.4 Å². The Morgan fingerprint density at radius 1 is 1.19 bits per heavy atom. The van der Waals surface area contributed by atoms with E-state index >= 15 is 4.39 Å². The average molecular weight is 598 g/mol. The van der Waals surface area contributed by atoms with Crippen molar-refractivity contribution >= 4 is 28.5 Å². The van der Waals surface area contributed by atoms with Crippen LogP contribution in [0.4, 0.5) is 8.78 Å². The number of aromatic nitrogens is 3. The van der Waals surface area contributed by atoms with E-state index in [9.17, 15) is 9.18 Å². The molecule has 1 atom stereocenters. The van der Waals surface area contributed by atoms with Gasteiger partial charge in [0.25, 0.3) is 0 Å². The Bertz CT molecular complexity index is 1590. The van der Waals surface area contributed by atoms with E-state index in [4.69, 9.17) is 23.1 Å². The molecule has 1 unspecified atom stereocenters. The minimum Gasteiger partial charge on any atom is -0.388 e. The lowest BCUT2D eigenvalue weighted by Crippen LogP contribution is -2.23. The number of hydrogen-bond acceptors (Lipinski definition) is 5. The fourth-order valence-electron chi connectivity index (χ4n) is 4.56. The zero-order valence-electron chi connectivity index (χ0n) is 24.0. The molecule has 4 aromatic rings. The Balaban J connectivity index is 0.00000237. The number of nitrogens with one attached hydrogen (secondary N) is 2. The second-order valence-corrected chi connectivity index (χ2v) is 10.2. The molecule has 0 aliphatic rings. The van der Waals surface area contributed by atoms with Gasteiger partial charge >= 0.3 is 5.69 Å². The van der Waals surface area contributed by atoms with Crippen molar-refractivity contribution in [1.82, 2.24) is 19.9 Å². The van der Waals surface area contributed by atoms with E-state index in [1.165, 1.54) is 10.6 Å². The zero-order valence-corrected chi connectivity index (χ0v) is 24.8. The number of fused-ring (bicyclic) bond motifs is 1. The van der Waals surface area contributed by atoms with Gasteiger partial charge in [0.1, 0.15) is 11.5 Å². The van der Waals surface area contributed by atoms with Gasteiger partial charge in [-0.1, -0.05) is 17.7 Å². The molecule has 0 spiro atoms. The first-order valence-corrected chi connectivity index (χ1v) is 14.2. The van der Waals surface area contributed by atoms with E-state index in [0.717, 1.165) is 24.8 Å². The molecule has 0 aliphatic carbocycles. The number of aromatic amines is 1. The summed E-state index contributed by atoms with van der Waals surface area (Å²) in [4.78, 5) is 24.1. The lowest BCUT2D eigenvalue weighted by Gasteiger charge is -2.16. The van der Waals surface area contributed by atoms with Gasteiger partial charge in [-0.3, -0.25) is 9.56 Å². The second kappa shape index (κ2) is 15.4. The average Bonchev–Trinajstić information content (AvgIpc) is 3.37. The zero-order chi connectivity index (χ0) is 30.8. The van der Waals surface area contributed by atoms with Crippen molar-refractivity contribution in [2.24, 2.45) is 16.5 Å². The van der Waals surface area contributed by atoms with Gasteiger partial charge in [-0.25, -0.2) is 13.6 Å². The molecule has 224 valence electrons. The van der Waals surface area contributed by atoms with Crippen molar-refractivity contribution in [3.05, 3.63) is 94.0 Å². The number of benzene rings is 2. The standard InChI is InChI=1S/C29H34ClF2N7O.C2H4/c1-17(35-10-5-11-36-18(2)34)22-8-7-21(15-25(22)31)39-16-20-14-26(37-28(20)38-29(39)40)23-12-19(6-3-4-9-33)13-24(30)27(23)32;1-2/h7-8,12-17,35H,3-6,9-11,33H2,1-2H3,(H2,34,36)(H,37,38,40);1-2H2. The summed E-state index contributed by atoms with van der Waals surface area (Å²) in [5.41, 5.74) is 13.2. The van der Waals surface area contributed by atoms with Gasteiger partial charge in [-0.05, 0) is 88.5 Å². The molecule has 0 bridgehead atoms. The smallest absolute Gasteiger partial charge is 0.354 e. The topological polar surface area (TPSA) is 127 Å². The molecule has 0 radical (unpaired) electrons.